The van der Waals surface area contributed by atoms with Crippen molar-refractivity contribution in [3.8, 4) is 0 Å². The van der Waals surface area contributed by atoms with Crippen molar-refractivity contribution in [2.45, 2.75) is 32.4 Å². The van der Waals surface area contributed by atoms with Crippen LogP contribution in [0.15, 0.2) is 42.5 Å². The van der Waals surface area contributed by atoms with Gasteiger partial charge in [-0.2, -0.15) is 0 Å². The van der Waals surface area contributed by atoms with Crippen molar-refractivity contribution in [1.29, 1.82) is 0 Å². The molecular weight excluding hydrogens is 359 g/mol. The van der Waals surface area contributed by atoms with Crippen molar-refractivity contribution >= 4 is 11.6 Å². The summed E-state index contributed by atoms with van der Waals surface area (Å²) in [4.78, 5) is 13.1. The molecule has 0 bridgehead atoms. The lowest BCUT2D eigenvalue weighted by Crippen LogP contribution is -2.30. The maximum absolute atomic E-state index is 14.9. The zero-order valence-corrected chi connectivity index (χ0v) is 15.5. The number of carbonyl (C=O) groups is 1. The van der Waals surface area contributed by atoms with Crippen molar-refractivity contribution in [2.24, 2.45) is 0 Å². The first-order chi connectivity index (χ1) is 13.6. The molecule has 2 heterocycles. The number of benzene rings is 2. The number of hydrogen-bond acceptors (Lipinski definition) is 5. The van der Waals surface area contributed by atoms with E-state index in [1.165, 1.54) is 4.68 Å². The summed E-state index contributed by atoms with van der Waals surface area (Å²) in [6.07, 6.45) is 0.999. The molecule has 1 aliphatic rings. The fourth-order valence-electron chi connectivity index (χ4n) is 3.50. The monoisotopic (exact) mass is 380 g/mol. The number of anilines is 1. The second kappa shape index (κ2) is 7.85. The third kappa shape index (κ3) is 3.63. The molecule has 2 N–H and O–H groups in total. The van der Waals surface area contributed by atoms with Crippen LogP contribution in [0, 0.1) is 12.7 Å². The highest BCUT2D eigenvalue weighted by Gasteiger charge is 2.26. The Morgan fingerprint density at radius 2 is 2.11 bits per heavy atom. The lowest BCUT2D eigenvalue weighted by Gasteiger charge is -2.21. The molecule has 1 amide bonds. The highest BCUT2D eigenvalue weighted by atomic mass is 19.1. The van der Waals surface area contributed by atoms with E-state index in [0.29, 0.717) is 30.8 Å². The predicted octanol–water partition coefficient (Wildman–Crippen LogP) is 2.19. The topological polar surface area (TPSA) is 84.7 Å². The SMILES string of the molecule is Cc1nnnn1C(Cc1ccccc1)C(=O)Nc1ccc2c(c1F)CCNC2. The third-order valence-electron chi connectivity index (χ3n) is 4.99. The maximum atomic E-state index is 14.9. The minimum absolute atomic E-state index is 0.189. The van der Waals surface area contributed by atoms with E-state index in [-0.39, 0.29) is 17.4 Å². The quantitative estimate of drug-likeness (QED) is 0.709. The molecule has 0 spiro atoms. The number of hydrogen-bond donors (Lipinski definition) is 2. The molecule has 0 radical (unpaired) electrons. The number of nitrogens with zero attached hydrogens (tertiary/aromatic N) is 4. The van der Waals surface area contributed by atoms with E-state index in [2.05, 4.69) is 26.2 Å². The number of rotatable bonds is 5. The van der Waals surface area contributed by atoms with Gasteiger partial charge in [0.05, 0.1) is 5.69 Å². The first-order valence-electron chi connectivity index (χ1n) is 9.23. The van der Waals surface area contributed by atoms with Gasteiger partial charge in [-0.1, -0.05) is 36.4 Å². The van der Waals surface area contributed by atoms with E-state index in [1.54, 1.807) is 13.0 Å². The molecule has 4 rings (SSSR count). The van der Waals surface area contributed by atoms with Crippen molar-refractivity contribution in [3.05, 3.63) is 70.8 Å². The Morgan fingerprint density at radius 3 is 2.86 bits per heavy atom. The number of aromatic nitrogens is 4. The molecule has 7 nitrogen and oxygen atoms in total. The van der Waals surface area contributed by atoms with Gasteiger partial charge in [0.25, 0.3) is 0 Å². The number of nitrogens with one attached hydrogen (secondary N) is 2. The van der Waals surface area contributed by atoms with Gasteiger partial charge < -0.3 is 10.6 Å². The van der Waals surface area contributed by atoms with Crippen LogP contribution in [0.3, 0.4) is 0 Å². The van der Waals surface area contributed by atoms with Crippen LogP contribution in [-0.2, 0) is 24.2 Å². The lowest BCUT2D eigenvalue weighted by molar-refractivity contribution is -0.119. The minimum Gasteiger partial charge on any atom is -0.322 e. The fraction of sp³-hybridized carbons (Fsp3) is 0.300. The van der Waals surface area contributed by atoms with Gasteiger partial charge in [-0.25, -0.2) is 9.07 Å². The van der Waals surface area contributed by atoms with Gasteiger partial charge in [0.2, 0.25) is 5.91 Å². The Morgan fingerprint density at radius 1 is 1.29 bits per heavy atom. The van der Waals surface area contributed by atoms with Crippen LogP contribution in [-0.4, -0.2) is 32.7 Å². The lowest BCUT2D eigenvalue weighted by atomic mass is 9.99. The Hall–Kier alpha value is -3.13. The first kappa shape index (κ1) is 18.2. The molecule has 0 aliphatic carbocycles. The Labute approximate surface area is 162 Å². The smallest absolute Gasteiger partial charge is 0.249 e. The largest absolute Gasteiger partial charge is 0.322 e. The maximum Gasteiger partial charge on any atom is 0.249 e. The zero-order valence-electron chi connectivity index (χ0n) is 15.5. The summed E-state index contributed by atoms with van der Waals surface area (Å²) in [6.45, 7) is 3.10. The normalized spacial score (nSPS) is 14.4. The highest BCUT2D eigenvalue weighted by Crippen LogP contribution is 2.26. The molecule has 1 atom stereocenters. The highest BCUT2D eigenvalue weighted by molar-refractivity contribution is 5.94. The average molecular weight is 380 g/mol. The molecule has 0 fully saturated rings. The minimum atomic E-state index is -0.686. The van der Waals surface area contributed by atoms with Crippen LogP contribution in [0.2, 0.25) is 0 Å². The number of tetrazole rings is 1. The van der Waals surface area contributed by atoms with E-state index >= 15 is 0 Å². The van der Waals surface area contributed by atoms with E-state index in [4.69, 9.17) is 0 Å². The van der Waals surface area contributed by atoms with Crippen molar-refractivity contribution in [1.82, 2.24) is 25.5 Å². The van der Waals surface area contributed by atoms with Crippen LogP contribution in [0.25, 0.3) is 0 Å². The predicted molar refractivity (Wildman–Crippen MR) is 102 cm³/mol. The Balaban J connectivity index is 1.62. The van der Waals surface area contributed by atoms with Crippen LogP contribution >= 0.6 is 0 Å². The van der Waals surface area contributed by atoms with Crippen LogP contribution < -0.4 is 10.6 Å². The molecule has 1 aromatic heterocycles. The Bertz CT molecular complexity index is 988. The summed E-state index contributed by atoms with van der Waals surface area (Å²) in [6, 6.07) is 12.4. The first-order valence-corrected chi connectivity index (χ1v) is 9.23. The van der Waals surface area contributed by atoms with E-state index in [0.717, 1.165) is 17.7 Å². The molecule has 0 saturated carbocycles. The van der Waals surface area contributed by atoms with Crippen LogP contribution in [0.1, 0.15) is 28.6 Å². The fourth-order valence-corrected chi connectivity index (χ4v) is 3.50. The molecule has 1 unspecified atom stereocenters. The van der Waals surface area contributed by atoms with E-state index in [9.17, 15) is 9.18 Å². The van der Waals surface area contributed by atoms with Crippen LogP contribution in [0.4, 0.5) is 10.1 Å². The van der Waals surface area contributed by atoms with Gasteiger partial charge >= 0.3 is 0 Å². The summed E-state index contributed by atoms with van der Waals surface area (Å²) >= 11 is 0. The zero-order chi connectivity index (χ0) is 19.5. The molecular formula is C20H21FN6O. The van der Waals surface area contributed by atoms with E-state index in [1.807, 2.05) is 36.4 Å². The summed E-state index contributed by atoms with van der Waals surface area (Å²) in [5, 5.41) is 17.5. The summed E-state index contributed by atoms with van der Waals surface area (Å²) < 4.78 is 16.4. The molecule has 1 aliphatic heterocycles. The van der Waals surface area contributed by atoms with Gasteiger partial charge in [-0.15, -0.1) is 5.10 Å². The number of fused-ring (bicyclic) bond motifs is 1. The molecule has 2 aromatic carbocycles. The van der Waals surface area contributed by atoms with Gasteiger partial charge in [0.15, 0.2) is 0 Å². The second-order valence-electron chi connectivity index (χ2n) is 6.86. The molecule has 28 heavy (non-hydrogen) atoms. The van der Waals surface area contributed by atoms with E-state index < -0.39 is 6.04 Å². The standard InChI is InChI=1S/C20H21FN6O/c1-13-24-25-26-27(13)18(11-14-5-3-2-4-6-14)20(28)23-17-8-7-15-12-22-10-9-16(15)19(17)21/h2-8,18,22H,9-12H2,1H3,(H,23,28). The van der Waals surface area contributed by atoms with Crippen LogP contribution in [0.5, 0.6) is 0 Å². The molecule has 8 heteroatoms. The molecule has 0 saturated heterocycles. The summed E-state index contributed by atoms with van der Waals surface area (Å²) in [5.41, 5.74) is 2.75. The Kier molecular flexibility index (Phi) is 5.12. The number of carbonyl (C=O) groups excluding carboxylic acids is 1. The van der Waals surface area contributed by atoms with Gasteiger partial charge in [-0.05, 0) is 53.1 Å². The van der Waals surface area contributed by atoms with Gasteiger partial charge in [0.1, 0.15) is 17.7 Å². The summed E-state index contributed by atoms with van der Waals surface area (Å²) in [7, 11) is 0. The van der Waals surface area contributed by atoms with Crippen molar-refractivity contribution < 1.29 is 9.18 Å². The third-order valence-corrected chi connectivity index (χ3v) is 4.99. The summed E-state index contributed by atoms with van der Waals surface area (Å²) in [5.74, 6) is -0.195. The number of aryl methyl sites for hydroxylation is 1. The number of halogens is 1. The van der Waals surface area contributed by atoms with Gasteiger partial charge in [0, 0.05) is 13.0 Å². The molecule has 3 aromatic rings. The molecule has 144 valence electrons. The van der Waals surface area contributed by atoms with Crippen molar-refractivity contribution in [2.75, 3.05) is 11.9 Å². The number of amides is 1. The second-order valence-corrected chi connectivity index (χ2v) is 6.86. The van der Waals surface area contributed by atoms with Crippen molar-refractivity contribution in [3.63, 3.8) is 0 Å². The average Bonchev–Trinajstić information content (AvgIpc) is 3.15. The van der Waals surface area contributed by atoms with Gasteiger partial charge in [-0.3, -0.25) is 4.79 Å².